The smallest absolute Gasteiger partial charge is 0.200 e. The number of rotatable bonds is 3. The van der Waals surface area contributed by atoms with E-state index in [0.29, 0.717) is 28.0 Å². The number of halogens is 1. The molecule has 0 N–H and O–H groups in total. The number of benzene rings is 2. The van der Waals surface area contributed by atoms with Gasteiger partial charge in [-0.1, -0.05) is 6.07 Å². The molecule has 0 aliphatic rings. The Labute approximate surface area is 135 Å². The maximum absolute atomic E-state index is 12.6. The Morgan fingerprint density at radius 3 is 2.55 bits per heavy atom. The predicted molar refractivity (Wildman–Crippen MR) is 88.7 cm³/mol. The monoisotopic (exact) mass is 360 g/mol. The molecule has 112 valence electrons. The molecule has 0 aliphatic heterocycles. The van der Waals surface area contributed by atoms with Crippen LogP contribution in [0.2, 0.25) is 0 Å². The van der Waals surface area contributed by atoms with Gasteiger partial charge in [-0.2, -0.15) is 0 Å². The zero-order valence-corrected chi connectivity index (χ0v) is 13.6. The van der Waals surface area contributed by atoms with Crippen LogP contribution in [0.3, 0.4) is 0 Å². The third-order valence-corrected chi connectivity index (χ3v) is 4.06. The predicted octanol–water partition coefficient (Wildman–Crippen LogP) is 4.24. The Hall–Kier alpha value is -2.27. The minimum absolute atomic E-state index is 0.0824. The molecule has 2 aromatic carbocycles. The van der Waals surface area contributed by atoms with Crippen molar-refractivity contribution in [3.8, 4) is 22.6 Å². The first-order valence-corrected chi connectivity index (χ1v) is 7.37. The number of hydrogen-bond donors (Lipinski definition) is 0. The van der Waals surface area contributed by atoms with Gasteiger partial charge in [0, 0.05) is 6.07 Å². The largest absolute Gasteiger partial charge is 0.497 e. The molecule has 0 spiro atoms. The van der Waals surface area contributed by atoms with Crippen molar-refractivity contribution in [2.75, 3.05) is 14.2 Å². The van der Waals surface area contributed by atoms with E-state index in [-0.39, 0.29) is 5.43 Å². The number of methoxy groups -OCH3 is 2. The first-order valence-electron chi connectivity index (χ1n) is 6.57. The van der Waals surface area contributed by atoms with E-state index in [9.17, 15) is 4.79 Å². The van der Waals surface area contributed by atoms with Crippen molar-refractivity contribution in [1.29, 1.82) is 0 Å². The summed E-state index contributed by atoms with van der Waals surface area (Å²) in [5.41, 5.74) is 1.68. The quantitative estimate of drug-likeness (QED) is 0.700. The normalized spacial score (nSPS) is 10.7. The molecule has 22 heavy (non-hydrogen) atoms. The Morgan fingerprint density at radius 2 is 1.86 bits per heavy atom. The standard InChI is InChI=1S/C17H13BrO4/c1-20-11-4-5-12-16(8-11)22-9-13(17(12)19)10-3-6-15(21-2)14(18)7-10/h3-9H,1-2H3. The highest BCUT2D eigenvalue weighted by Gasteiger charge is 2.11. The van der Waals surface area contributed by atoms with Gasteiger partial charge in [-0.05, 0) is 45.8 Å². The van der Waals surface area contributed by atoms with E-state index in [2.05, 4.69) is 15.9 Å². The van der Waals surface area contributed by atoms with Crippen LogP contribution in [0.15, 0.2) is 56.3 Å². The second-order valence-corrected chi connectivity index (χ2v) is 5.54. The van der Waals surface area contributed by atoms with Gasteiger partial charge in [0.2, 0.25) is 0 Å². The molecular weight excluding hydrogens is 348 g/mol. The Morgan fingerprint density at radius 1 is 1.05 bits per heavy atom. The number of ether oxygens (including phenoxy) is 2. The Bertz CT molecular complexity index is 899. The van der Waals surface area contributed by atoms with E-state index < -0.39 is 0 Å². The zero-order chi connectivity index (χ0) is 15.7. The molecule has 4 nitrogen and oxygen atoms in total. The maximum Gasteiger partial charge on any atom is 0.200 e. The molecule has 0 saturated carbocycles. The fourth-order valence-corrected chi connectivity index (χ4v) is 2.81. The Kier molecular flexibility index (Phi) is 3.90. The van der Waals surface area contributed by atoms with E-state index >= 15 is 0 Å². The second kappa shape index (κ2) is 5.85. The fourth-order valence-electron chi connectivity index (χ4n) is 2.27. The number of fused-ring (bicyclic) bond motifs is 1. The minimum Gasteiger partial charge on any atom is -0.497 e. The van der Waals surface area contributed by atoms with Crippen LogP contribution in [0, 0.1) is 0 Å². The highest BCUT2D eigenvalue weighted by molar-refractivity contribution is 9.10. The van der Waals surface area contributed by atoms with E-state index in [1.807, 2.05) is 12.1 Å². The summed E-state index contributed by atoms with van der Waals surface area (Å²) in [6.45, 7) is 0. The van der Waals surface area contributed by atoms with E-state index in [1.54, 1.807) is 38.5 Å². The molecule has 0 amide bonds. The highest BCUT2D eigenvalue weighted by Crippen LogP contribution is 2.30. The summed E-state index contributed by atoms with van der Waals surface area (Å²) in [6.07, 6.45) is 1.47. The molecule has 0 radical (unpaired) electrons. The highest BCUT2D eigenvalue weighted by atomic mass is 79.9. The van der Waals surface area contributed by atoms with E-state index in [4.69, 9.17) is 13.9 Å². The van der Waals surface area contributed by atoms with Crippen LogP contribution in [-0.4, -0.2) is 14.2 Å². The van der Waals surface area contributed by atoms with Crippen molar-refractivity contribution in [3.63, 3.8) is 0 Å². The van der Waals surface area contributed by atoms with Crippen molar-refractivity contribution in [2.24, 2.45) is 0 Å². The van der Waals surface area contributed by atoms with Crippen LogP contribution < -0.4 is 14.9 Å². The first-order chi connectivity index (χ1) is 10.6. The van der Waals surface area contributed by atoms with Gasteiger partial charge in [-0.3, -0.25) is 4.79 Å². The molecule has 3 rings (SSSR count). The summed E-state index contributed by atoms with van der Waals surface area (Å²) in [4.78, 5) is 12.6. The maximum atomic E-state index is 12.6. The van der Waals surface area contributed by atoms with Crippen molar-refractivity contribution >= 4 is 26.9 Å². The molecule has 1 aromatic heterocycles. The van der Waals surface area contributed by atoms with Crippen LogP contribution in [0.25, 0.3) is 22.1 Å². The summed E-state index contributed by atoms with van der Waals surface area (Å²) >= 11 is 3.42. The van der Waals surface area contributed by atoms with Gasteiger partial charge < -0.3 is 13.9 Å². The molecule has 3 aromatic rings. The molecule has 0 aliphatic carbocycles. The lowest BCUT2D eigenvalue weighted by Crippen LogP contribution is -2.04. The van der Waals surface area contributed by atoms with Crippen molar-refractivity contribution < 1.29 is 13.9 Å². The minimum atomic E-state index is -0.0824. The zero-order valence-electron chi connectivity index (χ0n) is 12.1. The summed E-state index contributed by atoms with van der Waals surface area (Å²) in [5.74, 6) is 1.36. The molecule has 0 unspecified atom stereocenters. The molecule has 0 fully saturated rings. The van der Waals surface area contributed by atoms with Crippen molar-refractivity contribution in [2.45, 2.75) is 0 Å². The van der Waals surface area contributed by atoms with Crippen LogP contribution in [0.5, 0.6) is 11.5 Å². The average Bonchev–Trinajstić information content (AvgIpc) is 2.54. The van der Waals surface area contributed by atoms with Gasteiger partial charge in [0.25, 0.3) is 0 Å². The third-order valence-electron chi connectivity index (χ3n) is 3.44. The van der Waals surface area contributed by atoms with Crippen LogP contribution in [-0.2, 0) is 0 Å². The Balaban J connectivity index is 2.18. The molecular formula is C17H13BrO4. The lowest BCUT2D eigenvalue weighted by molar-refractivity contribution is 0.412. The number of hydrogen-bond acceptors (Lipinski definition) is 4. The van der Waals surface area contributed by atoms with Gasteiger partial charge in [0.15, 0.2) is 5.43 Å². The van der Waals surface area contributed by atoms with Gasteiger partial charge in [-0.15, -0.1) is 0 Å². The summed E-state index contributed by atoms with van der Waals surface area (Å²) in [5, 5.41) is 0.519. The van der Waals surface area contributed by atoms with Crippen LogP contribution in [0.4, 0.5) is 0 Å². The van der Waals surface area contributed by atoms with Gasteiger partial charge in [0.05, 0.1) is 29.6 Å². The van der Waals surface area contributed by atoms with E-state index in [0.717, 1.165) is 10.0 Å². The first kappa shape index (κ1) is 14.7. The fraction of sp³-hybridized carbons (Fsp3) is 0.118. The lowest BCUT2D eigenvalue weighted by Gasteiger charge is -2.07. The molecule has 0 atom stereocenters. The second-order valence-electron chi connectivity index (χ2n) is 4.69. The summed E-state index contributed by atoms with van der Waals surface area (Å²) in [7, 11) is 3.17. The molecule has 1 heterocycles. The van der Waals surface area contributed by atoms with Gasteiger partial charge >= 0.3 is 0 Å². The molecule has 5 heteroatoms. The molecule has 0 bridgehead atoms. The summed E-state index contributed by atoms with van der Waals surface area (Å²) < 4.78 is 16.7. The topological polar surface area (TPSA) is 48.7 Å². The summed E-state index contributed by atoms with van der Waals surface area (Å²) in [6, 6.07) is 10.6. The molecule has 0 saturated heterocycles. The van der Waals surface area contributed by atoms with Gasteiger partial charge in [-0.25, -0.2) is 0 Å². The van der Waals surface area contributed by atoms with Crippen LogP contribution in [0.1, 0.15) is 0 Å². The average molecular weight is 361 g/mol. The van der Waals surface area contributed by atoms with Crippen LogP contribution >= 0.6 is 15.9 Å². The lowest BCUT2D eigenvalue weighted by atomic mass is 10.1. The van der Waals surface area contributed by atoms with Crippen molar-refractivity contribution in [1.82, 2.24) is 0 Å². The van der Waals surface area contributed by atoms with Gasteiger partial charge in [0.1, 0.15) is 23.3 Å². The SMILES string of the molecule is COc1ccc2c(=O)c(-c3ccc(OC)c(Br)c3)coc2c1. The third kappa shape index (κ3) is 2.48. The van der Waals surface area contributed by atoms with Crippen molar-refractivity contribution in [3.05, 3.63) is 57.4 Å². The van der Waals surface area contributed by atoms with E-state index in [1.165, 1.54) is 6.26 Å².